The van der Waals surface area contributed by atoms with Crippen LogP contribution >= 0.6 is 21.6 Å². The van der Waals surface area contributed by atoms with E-state index in [4.69, 9.17) is 10.5 Å². The summed E-state index contributed by atoms with van der Waals surface area (Å²) in [5, 5.41) is 23.6. The number of hydrogen-bond donors (Lipinski definition) is 2. The lowest BCUT2D eigenvalue weighted by Gasteiger charge is -2.17. The summed E-state index contributed by atoms with van der Waals surface area (Å²) >= 11 is 0. The van der Waals surface area contributed by atoms with E-state index >= 15 is 0 Å². The first-order valence-electron chi connectivity index (χ1n) is 19.8. The van der Waals surface area contributed by atoms with Crippen molar-refractivity contribution in [3.8, 4) is 12.1 Å². The Morgan fingerprint density at radius 3 is 1.28 bits per heavy atom. The molecule has 2 aromatic carbocycles. The molecule has 0 saturated heterocycles. The molecule has 0 aliphatic carbocycles. The van der Waals surface area contributed by atoms with Crippen LogP contribution in [0, 0.1) is 22.7 Å². The number of hydrogen-bond acceptors (Lipinski definition) is 8. The van der Waals surface area contributed by atoms with Gasteiger partial charge in [-0.2, -0.15) is 10.5 Å². The number of benzene rings is 2. The third-order valence-corrected chi connectivity index (χ3v) is 11.7. The van der Waals surface area contributed by atoms with E-state index in [1.807, 2.05) is 38.9 Å². The molecule has 12 heteroatoms. The van der Waals surface area contributed by atoms with Crippen LogP contribution in [0.15, 0.2) is 97.6 Å². The Kier molecular flexibility index (Phi) is 20.5. The standard InChI is InChI=1S/C46H54N8O2S2/c1-51(29-5-25-47)43-17-13-39(14-18-43)9-11-41-21-33-53(34-22-41)31-3-7-45(55)49-27-37-57-58-38-28-50-46(56)8-4-32-54-35-23-42(24-36-54)12-10-40-15-19-44(20-16-40)52(2)30-6-26-48/h9-24,33-36H,3-8,27-32,37-38H2,1-2H3/p+2. The number of anilines is 2. The van der Waals surface area contributed by atoms with Gasteiger partial charge >= 0.3 is 0 Å². The number of nitrogens with zero attached hydrogens (tertiary/aromatic N) is 6. The van der Waals surface area contributed by atoms with Gasteiger partial charge in [-0.05, 0) is 46.5 Å². The lowest BCUT2D eigenvalue weighted by molar-refractivity contribution is -0.697. The number of amides is 2. The van der Waals surface area contributed by atoms with Gasteiger partial charge in [-0.3, -0.25) is 9.59 Å². The van der Waals surface area contributed by atoms with E-state index in [1.165, 1.54) is 0 Å². The second-order valence-electron chi connectivity index (χ2n) is 13.8. The number of aromatic nitrogens is 2. The maximum atomic E-state index is 12.3. The molecule has 10 nitrogen and oxygen atoms in total. The predicted molar refractivity (Wildman–Crippen MR) is 240 cm³/mol. The van der Waals surface area contributed by atoms with Crippen molar-refractivity contribution < 1.29 is 18.7 Å². The first kappa shape index (κ1) is 45.1. The Balaban J connectivity index is 0.973. The van der Waals surface area contributed by atoms with Crippen molar-refractivity contribution in [2.24, 2.45) is 0 Å². The van der Waals surface area contributed by atoms with Crippen molar-refractivity contribution in [2.45, 2.75) is 51.6 Å². The Morgan fingerprint density at radius 1 is 0.586 bits per heavy atom. The molecule has 4 aromatic rings. The van der Waals surface area contributed by atoms with Crippen LogP contribution in [0.25, 0.3) is 24.3 Å². The number of nitriles is 2. The zero-order valence-corrected chi connectivity index (χ0v) is 35.4. The number of carbonyl (C=O) groups excluding carboxylic acids is 2. The Labute approximate surface area is 352 Å². The molecule has 2 N–H and O–H groups in total. The highest BCUT2D eigenvalue weighted by atomic mass is 33.1. The van der Waals surface area contributed by atoms with E-state index in [9.17, 15) is 9.59 Å². The van der Waals surface area contributed by atoms with Gasteiger partial charge < -0.3 is 20.4 Å². The van der Waals surface area contributed by atoms with Crippen LogP contribution in [0.5, 0.6) is 0 Å². The average molecular weight is 817 g/mol. The van der Waals surface area contributed by atoms with Crippen molar-refractivity contribution >= 4 is 69.1 Å². The molecule has 0 unspecified atom stereocenters. The summed E-state index contributed by atoms with van der Waals surface area (Å²) < 4.78 is 4.20. The molecule has 2 amide bonds. The highest BCUT2D eigenvalue weighted by molar-refractivity contribution is 8.76. The van der Waals surface area contributed by atoms with E-state index < -0.39 is 0 Å². The molecule has 0 aliphatic heterocycles. The van der Waals surface area contributed by atoms with E-state index in [1.54, 1.807) is 21.6 Å². The minimum absolute atomic E-state index is 0.0714. The molecule has 58 heavy (non-hydrogen) atoms. The van der Waals surface area contributed by atoms with Gasteiger partial charge in [0.05, 0.1) is 25.0 Å². The van der Waals surface area contributed by atoms with Gasteiger partial charge in [-0.1, -0.05) is 70.2 Å². The summed E-state index contributed by atoms with van der Waals surface area (Å²) in [6, 6.07) is 29.3. The Bertz CT molecular complexity index is 1830. The zero-order chi connectivity index (χ0) is 41.2. The summed E-state index contributed by atoms with van der Waals surface area (Å²) in [6.45, 7) is 4.25. The highest BCUT2D eigenvalue weighted by Gasteiger charge is 2.07. The number of nitrogens with one attached hydrogen (secondary N) is 2. The molecule has 0 bridgehead atoms. The number of rotatable bonds is 25. The third kappa shape index (κ3) is 17.7. The van der Waals surface area contributed by atoms with E-state index in [0.717, 1.165) is 71.1 Å². The van der Waals surface area contributed by atoms with Gasteiger partial charge in [0.25, 0.3) is 0 Å². The van der Waals surface area contributed by atoms with E-state index in [0.29, 0.717) is 51.9 Å². The minimum Gasteiger partial charge on any atom is -0.374 e. The molecule has 0 saturated carbocycles. The summed E-state index contributed by atoms with van der Waals surface area (Å²) in [7, 11) is 7.41. The molecule has 2 aromatic heterocycles. The second-order valence-corrected chi connectivity index (χ2v) is 16.5. The Morgan fingerprint density at radius 2 is 0.931 bits per heavy atom. The number of carbonyl (C=O) groups is 2. The molecule has 0 atom stereocenters. The fourth-order valence-corrected chi connectivity index (χ4v) is 7.63. The molecular formula is C46H56N8O2S2+2. The zero-order valence-electron chi connectivity index (χ0n) is 33.8. The molecular weight excluding hydrogens is 761 g/mol. The van der Waals surface area contributed by atoms with Gasteiger partial charge in [-0.15, -0.1) is 0 Å². The number of aryl methyl sites for hydroxylation is 2. The molecule has 0 aliphatic rings. The summed E-state index contributed by atoms with van der Waals surface area (Å²) in [4.78, 5) is 28.8. The SMILES string of the molecule is CN(CCC#N)c1ccc(C=Cc2cc[n+](CCCC(=O)NCCSSCCNC(=O)CCC[n+]3ccc(C=Cc4ccc(N(C)CCC#N)cc4)cc3)cc2)cc1. The number of pyridine rings is 2. The molecule has 0 spiro atoms. The van der Waals surface area contributed by atoms with Gasteiger partial charge in [0.2, 0.25) is 11.8 Å². The van der Waals surface area contributed by atoms with Crippen molar-refractivity contribution in [2.75, 3.05) is 61.6 Å². The third-order valence-electron chi connectivity index (χ3n) is 9.29. The highest BCUT2D eigenvalue weighted by Crippen LogP contribution is 2.20. The van der Waals surface area contributed by atoms with Gasteiger partial charge in [0, 0.05) is 113 Å². The van der Waals surface area contributed by atoms with E-state index in [2.05, 4.69) is 139 Å². The molecule has 4 rings (SSSR count). The van der Waals surface area contributed by atoms with Gasteiger partial charge in [0.1, 0.15) is 13.1 Å². The van der Waals surface area contributed by atoms with Crippen LogP contribution in [0.4, 0.5) is 11.4 Å². The van der Waals surface area contributed by atoms with E-state index in [-0.39, 0.29) is 11.8 Å². The average Bonchev–Trinajstić information content (AvgIpc) is 3.25. The van der Waals surface area contributed by atoms with Crippen LogP contribution < -0.4 is 29.6 Å². The smallest absolute Gasteiger partial charge is 0.220 e. The van der Waals surface area contributed by atoms with Crippen LogP contribution in [-0.4, -0.2) is 63.6 Å². The topological polar surface area (TPSA) is 120 Å². The van der Waals surface area contributed by atoms with Crippen molar-refractivity contribution in [3.05, 3.63) is 120 Å². The van der Waals surface area contributed by atoms with Crippen LogP contribution in [-0.2, 0) is 22.7 Å². The van der Waals surface area contributed by atoms with Gasteiger partial charge in [0.15, 0.2) is 24.8 Å². The normalized spacial score (nSPS) is 11.0. The molecule has 0 fully saturated rings. The van der Waals surface area contributed by atoms with Gasteiger partial charge in [-0.25, -0.2) is 9.13 Å². The maximum absolute atomic E-state index is 12.3. The molecule has 302 valence electrons. The first-order chi connectivity index (χ1) is 28.3. The molecule has 0 radical (unpaired) electrons. The summed E-state index contributed by atoms with van der Waals surface area (Å²) in [6.07, 6.45) is 20.1. The Hall–Kier alpha value is -5.56. The quantitative estimate of drug-likeness (QED) is 0.0411. The van der Waals surface area contributed by atoms with Crippen LogP contribution in [0.3, 0.4) is 0 Å². The first-order valence-corrected chi connectivity index (χ1v) is 22.3. The van der Waals surface area contributed by atoms with Crippen molar-refractivity contribution in [1.82, 2.24) is 10.6 Å². The largest absolute Gasteiger partial charge is 0.374 e. The van der Waals surface area contributed by atoms with Crippen molar-refractivity contribution in [1.29, 1.82) is 10.5 Å². The van der Waals surface area contributed by atoms with Crippen molar-refractivity contribution in [3.63, 3.8) is 0 Å². The fraction of sp³-hybridized carbons (Fsp3) is 0.348. The minimum atomic E-state index is 0.0714. The van der Waals surface area contributed by atoms with Crippen LogP contribution in [0.2, 0.25) is 0 Å². The fourth-order valence-electron chi connectivity index (χ4n) is 5.82. The van der Waals surface area contributed by atoms with Crippen LogP contribution in [0.1, 0.15) is 60.8 Å². The summed E-state index contributed by atoms with van der Waals surface area (Å²) in [5.74, 6) is 1.78. The summed E-state index contributed by atoms with van der Waals surface area (Å²) in [5.41, 5.74) is 6.64. The maximum Gasteiger partial charge on any atom is 0.220 e. The monoisotopic (exact) mass is 816 g/mol. The lowest BCUT2D eigenvalue weighted by atomic mass is 10.1. The lowest BCUT2D eigenvalue weighted by Crippen LogP contribution is -2.34. The second kappa shape index (κ2) is 26.4. The predicted octanol–water partition coefficient (Wildman–Crippen LogP) is 7.18. The molecule has 2 heterocycles.